The molecule has 1 aromatic heterocycles. The molecule has 1 N–H and O–H groups in total. The van der Waals surface area contributed by atoms with Crippen LogP contribution in [0.25, 0.3) is 0 Å². The van der Waals surface area contributed by atoms with E-state index in [1.54, 1.807) is 6.20 Å². The Hall–Kier alpha value is -1.38. The van der Waals surface area contributed by atoms with Crippen molar-refractivity contribution in [2.75, 3.05) is 7.05 Å². The van der Waals surface area contributed by atoms with Crippen molar-refractivity contribution in [3.63, 3.8) is 0 Å². The second kappa shape index (κ2) is 5.10. The topological polar surface area (TPSA) is 24.9 Å². The van der Waals surface area contributed by atoms with Crippen LogP contribution >= 0.6 is 11.6 Å². The summed E-state index contributed by atoms with van der Waals surface area (Å²) in [6, 6.07) is 13.8. The van der Waals surface area contributed by atoms with Crippen molar-refractivity contribution in [2.24, 2.45) is 0 Å². The van der Waals surface area contributed by atoms with E-state index in [1.165, 1.54) is 0 Å². The third-order valence-corrected chi connectivity index (χ3v) is 2.73. The van der Waals surface area contributed by atoms with Crippen molar-refractivity contribution in [1.29, 1.82) is 0 Å². The fraction of sp³-hybridized carbons (Fsp3) is 0.154. The predicted octanol–water partition coefficient (Wildman–Crippen LogP) is 3.04. The lowest BCUT2D eigenvalue weighted by molar-refractivity contribution is 0.671. The second-order valence-electron chi connectivity index (χ2n) is 3.53. The third-order valence-electron chi connectivity index (χ3n) is 2.48. The minimum absolute atomic E-state index is 0.110. The highest BCUT2D eigenvalue weighted by Gasteiger charge is 2.12. The molecule has 0 saturated heterocycles. The van der Waals surface area contributed by atoms with E-state index in [4.69, 9.17) is 11.6 Å². The minimum atomic E-state index is 0.110. The van der Waals surface area contributed by atoms with E-state index in [-0.39, 0.29) is 6.04 Å². The van der Waals surface area contributed by atoms with Gasteiger partial charge in [-0.05, 0) is 36.9 Å². The summed E-state index contributed by atoms with van der Waals surface area (Å²) in [6.45, 7) is 0. The monoisotopic (exact) mass is 232 g/mol. The summed E-state index contributed by atoms with van der Waals surface area (Å²) in [5.41, 5.74) is 2.16. The molecule has 0 aliphatic rings. The molecule has 2 aromatic rings. The first kappa shape index (κ1) is 11.1. The Morgan fingerprint density at radius 1 is 1.12 bits per heavy atom. The summed E-state index contributed by atoms with van der Waals surface area (Å²) in [4.78, 5) is 4.35. The number of rotatable bonds is 3. The van der Waals surface area contributed by atoms with Gasteiger partial charge in [-0.2, -0.15) is 0 Å². The summed E-state index contributed by atoms with van der Waals surface area (Å²) in [5.74, 6) is 0. The van der Waals surface area contributed by atoms with Gasteiger partial charge in [0.1, 0.15) is 0 Å². The summed E-state index contributed by atoms with van der Waals surface area (Å²) in [5, 5.41) is 4.00. The van der Waals surface area contributed by atoms with Gasteiger partial charge < -0.3 is 5.32 Å². The second-order valence-corrected chi connectivity index (χ2v) is 3.96. The molecule has 0 spiro atoms. The van der Waals surface area contributed by atoms with Gasteiger partial charge in [-0.15, -0.1) is 0 Å². The van der Waals surface area contributed by atoms with Crippen LogP contribution in [0.5, 0.6) is 0 Å². The van der Waals surface area contributed by atoms with Crippen molar-refractivity contribution >= 4 is 11.6 Å². The molecule has 0 amide bonds. The van der Waals surface area contributed by atoms with Crippen molar-refractivity contribution in [1.82, 2.24) is 10.3 Å². The Bertz CT molecular complexity index is 439. The summed E-state index contributed by atoms with van der Waals surface area (Å²) >= 11 is 5.87. The quantitative estimate of drug-likeness (QED) is 0.880. The molecule has 0 aliphatic heterocycles. The molecule has 1 heterocycles. The van der Waals surface area contributed by atoms with Crippen molar-refractivity contribution in [3.05, 3.63) is 64.9 Å². The fourth-order valence-electron chi connectivity index (χ4n) is 1.69. The van der Waals surface area contributed by atoms with Gasteiger partial charge in [0, 0.05) is 11.2 Å². The lowest BCUT2D eigenvalue weighted by Gasteiger charge is -2.15. The highest BCUT2D eigenvalue weighted by molar-refractivity contribution is 6.30. The maximum Gasteiger partial charge on any atom is 0.0748 e. The number of hydrogen-bond acceptors (Lipinski definition) is 2. The molecular weight excluding hydrogens is 220 g/mol. The maximum atomic E-state index is 5.87. The van der Waals surface area contributed by atoms with Gasteiger partial charge in [-0.1, -0.05) is 29.8 Å². The van der Waals surface area contributed by atoms with Crippen LogP contribution in [0, 0.1) is 0 Å². The molecule has 82 valence electrons. The molecule has 0 fully saturated rings. The van der Waals surface area contributed by atoms with Gasteiger partial charge in [0.15, 0.2) is 0 Å². The van der Waals surface area contributed by atoms with Gasteiger partial charge in [0.2, 0.25) is 0 Å². The van der Waals surface area contributed by atoms with E-state index >= 15 is 0 Å². The number of hydrogen-bond donors (Lipinski definition) is 1. The van der Waals surface area contributed by atoms with E-state index in [2.05, 4.69) is 10.3 Å². The molecule has 1 atom stereocenters. The zero-order chi connectivity index (χ0) is 11.4. The molecule has 16 heavy (non-hydrogen) atoms. The van der Waals surface area contributed by atoms with E-state index in [1.807, 2.05) is 49.5 Å². The molecule has 1 aromatic carbocycles. The molecule has 0 aliphatic carbocycles. The Kier molecular flexibility index (Phi) is 3.54. The molecule has 2 nitrogen and oxygen atoms in total. The highest BCUT2D eigenvalue weighted by atomic mass is 35.5. The molecular formula is C13H13ClN2. The van der Waals surface area contributed by atoms with Gasteiger partial charge in [-0.25, -0.2) is 0 Å². The molecule has 2 rings (SSSR count). The first-order valence-electron chi connectivity index (χ1n) is 5.15. The van der Waals surface area contributed by atoms with Crippen LogP contribution < -0.4 is 5.32 Å². The average Bonchev–Trinajstić information content (AvgIpc) is 2.34. The van der Waals surface area contributed by atoms with Crippen molar-refractivity contribution in [3.8, 4) is 0 Å². The van der Waals surface area contributed by atoms with Gasteiger partial charge in [0.05, 0.1) is 11.7 Å². The number of nitrogens with one attached hydrogen (secondary N) is 1. The Morgan fingerprint density at radius 2 is 1.88 bits per heavy atom. The summed E-state index contributed by atoms with van der Waals surface area (Å²) in [7, 11) is 1.92. The first-order chi connectivity index (χ1) is 7.81. The fourth-order valence-corrected chi connectivity index (χ4v) is 1.81. The first-order valence-corrected chi connectivity index (χ1v) is 5.52. The molecule has 3 heteroatoms. The van der Waals surface area contributed by atoms with Crippen LogP contribution in [0.3, 0.4) is 0 Å². The number of aromatic nitrogens is 1. The van der Waals surface area contributed by atoms with E-state index in [0.717, 1.165) is 16.3 Å². The number of halogens is 1. The lowest BCUT2D eigenvalue weighted by atomic mass is 10.0. The van der Waals surface area contributed by atoms with E-state index < -0.39 is 0 Å². The largest absolute Gasteiger partial charge is 0.308 e. The molecule has 0 bridgehead atoms. The van der Waals surface area contributed by atoms with Crippen LogP contribution in [0.1, 0.15) is 17.3 Å². The zero-order valence-electron chi connectivity index (χ0n) is 9.02. The standard InChI is InChI=1S/C13H13ClN2/c1-15-13(12-4-2-3-9-16-12)10-5-7-11(14)8-6-10/h2-9,13,15H,1H3. The predicted molar refractivity (Wildman–Crippen MR) is 66.6 cm³/mol. The molecule has 1 unspecified atom stereocenters. The molecule has 0 saturated carbocycles. The average molecular weight is 233 g/mol. The van der Waals surface area contributed by atoms with E-state index in [0.29, 0.717) is 0 Å². The number of pyridine rings is 1. The van der Waals surface area contributed by atoms with Crippen LogP contribution in [-0.4, -0.2) is 12.0 Å². The van der Waals surface area contributed by atoms with Crippen molar-refractivity contribution < 1.29 is 0 Å². The highest BCUT2D eigenvalue weighted by Crippen LogP contribution is 2.21. The molecule has 0 radical (unpaired) electrons. The van der Waals surface area contributed by atoms with Gasteiger partial charge in [-0.3, -0.25) is 4.98 Å². The summed E-state index contributed by atoms with van der Waals surface area (Å²) in [6.07, 6.45) is 1.80. The minimum Gasteiger partial charge on any atom is -0.308 e. The van der Waals surface area contributed by atoms with E-state index in [9.17, 15) is 0 Å². The van der Waals surface area contributed by atoms with Gasteiger partial charge in [0.25, 0.3) is 0 Å². The zero-order valence-corrected chi connectivity index (χ0v) is 9.78. The van der Waals surface area contributed by atoms with Gasteiger partial charge >= 0.3 is 0 Å². The maximum absolute atomic E-state index is 5.87. The Balaban J connectivity index is 2.33. The third kappa shape index (κ3) is 2.40. The van der Waals surface area contributed by atoms with Crippen LogP contribution in [0.15, 0.2) is 48.7 Å². The lowest BCUT2D eigenvalue weighted by Crippen LogP contribution is -2.18. The van der Waals surface area contributed by atoms with Crippen LogP contribution in [0.4, 0.5) is 0 Å². The van der Waals surface area contributed by atoms with Crippen molar-refractivity contribution in [2.45, 2.75) is 6.04 Å². The normalized spacial score (nSPS) is 12.4. The number of nitrogens with zero attached hydrogens (tertiary/aromatic N) is 1. The summed E-state index contributed by atoms with van der Waals surface area (Å²) < 4.78 is 0. The smallest absolute Gasteiger partial charge is 0.0748 e. The Morgan fingerprint density at radius 3 is 2.44 bits per heavy atom. The van der Waals surface area contributed by atoms with Crippen LogP contribution in [0.2, 0.25) is 5.02 Å². The SMILES string of the molecule is CNC(c1ccc(Cl)cc1)c1ccccn1. The number of benzene rings is 1. The van der Waals surface area contributed by atoms with Crippen LogP contribution in [-0.2, 0) is 0 Å². The Labute approximate surface area is 100 Å².